The van der Waals surface area contributed by atoms with E-state index in [0.717, 1.165) is 24.3 Å². The van der Waals surface area contributed by atoms with Crippen molar-refractivity contribution in [2.75, 3.05) is 18.5 Å². The van der Waals surface area contributed by atoms with Gasteiger partial charge in [-0.05, 0) is 52.8 Å². The maximum Gasteiger partial charge on any atom is 0.248 e. The van der Waals surface area contributed by atoms with E-state index in [9.17, 15) is 4.79 Å². The summed E-state index contributed by atoms with van der Waals surface area (Å²) in [6.07, 6.45) is 8.78. The minimum Gasteiger partial charge on any atom is -0.494 e. The van der Waals surface area contributed by atoms with E-state index in [0.29, 0.717) is 23.0 Å². The van der Waals surface area contributed by atoms with Crippen molar-refractivity contribution in [3.63, 3.8) is 0 Å². The molecule has 0 aliphatic carbocycles. The molecular weight excluding hydrogens is 434 g/mol. The van der Waals surface area contributed by atoms with Gasteiger partial charge in [0.25, 0.3) is 0 Å². The number of nitrogens with zero attached hydrogens (tertiary/aromatic N) is 3. The fourth-order valence-corrected chi connectivity index (χ4v) is 3.55. The topological polar surface area (TPSA) is 111 Å². The van der Waals surface area contributed by atoms with Gasteiger partial charge in [-0.1, -0.05) is 50.8 Å². The Morgan fingerprint density at radius 1 is 1.18 bits per heavy atom. The normalized spacial score (nSPS) is 14.8. The van der Waals surface area contributed by atoms with Crippen LogP contribution in [0.25, 0.3) is 6.08 Å². The van der Waals surface area contributed by atoms with Gasteiger partial charge in [0.15, 0.2) is 23.4 Å². The van der Waals surface area contributed by atoms with Gasteiger partial charge in [0.2, 0.25) is 5.91 Å². The molecule has 4 rings (SSSR count). The van der Waals surface area contributed by atoms with Gasteiger partial charge in [0, 0.05) is 6.08 Å². The number of aromatic amines is 1. The quantitative estimate of drug-likeness (QED) is 0.313. The molecule has 1 aliphatic rings. The Bertz CT molecular complexity index is 1080. The Balaban J connectivity index is 1.30. The lowest BCUT2D eigenvalue weighted by molar-refractivity contribution is -0.111. The van der Waals surface area contributed by atoms with Crippen molar-refractivity contribution in [1.82, 2.24) is 20.6 Å². The van der Waals surface area contributed by atoms with Crippen molar-refractivity contribution in [2.24, 2.45) is 0 Å². The van der Waals surface area contributed by atoms with Gasteiger partial charge in [0.05, 0.1) is 12.3 Å². The lowest BCUT2D eigenvalue weighted by atomic mass is 10.2. The number of aromatic nitrogens is 4. The summed E-state index contributed by atoms with van der Waals surface area (Å²) in [6.45, 7) is 3.20. The second kappa shape index (κ2) is 11.8. The van der Waals surface area contributed by atoms with Crippen molar-refractivity contribution in [3.8, 4) is 17.2 Å². The second-order valence-electron chi connectivity index (χ2n) is 7.99. The molecule has 0 fully saturated rings. The van der Waals surface area contributed by atoms with E-state index in [4.69, 9.17) is 14.2 Å². The lowest BCUT2D eigenvalue weighted by Crippen LogP contribution is -2.24. The third-order valence-electron chi connectivity index (χ3n) is 5.38. The van der Waals surface area contributed by atoms with E-state index in [1.165, 1.54) is 31.8 Å². The molecule has 2 aromatic carbocycles. The number of nitrogens with one attached hydrogen (secondary N) is 2. The van der Waals surface area contributed by atoms with Crippen LogP contribution < -0.4 is 19.5 Å². The molecule has 178 valence electrons. The Labute approximate surface area is 198 Å². The Hall–Kier alpha value is -3.88. The van der Waals surface area contributed by atoms with Crippen LogP contribution in [0.4, 0.5) is 5.69 Å². The highest BCUT2D eigenvalue weighted by atomic mass is 16.6. The standard InChI is InChI=1S/C25H29N5O4/c1-2-3-4-5-6-16-32-19-13-10-18(11-14-19)12-15-23(31)26-20-8-7-9-21-24(20)34-22(17-33-21)25-27-29-30-28-25/h7-15,22H,2-6,16-17H2,1H3,(H,26,31)(H,27,28,29,30). The second-order valence-corrected chi connectivity index (χ2v) is 7.99. The zero-order chi connectivity index (χ0) is 23.6. The third kappa shape index (κ3) is 6.34. The number of rotatable bonds is 11. The molecular formula is C25H29N5O4. The van der Waals surface area contributed by atoms with E-state index in [-0.39, 0.29) is 12.5 Å². The number of para-hydroxylation sites is 1. The molecule has 9 nitrogen and oxygen atoms in total. The van der Waals surface area contributed by atoms with Crippen LogP contribution in [0.2, 0.25) is 0 Å². The Morgan fingerprint density at radius 2 is 2.03 bits per heavy atom. The molecule has 1 amide bonds. The van der Waals surface area contributed by atoms with Gasteiger partial charge in [-0.2, -0.15) is 0 Å². The van der Waals surface area contributed by atoms with E-state index >= 15 is 0 Å². The first-order valence-corrected chi connectivity index (χ1v) is 11.6. The van der Waals surface area contributed by atoms with Crippen molar-refractivity contribution < 1.29 is 19.0 Å². The summed E-state index contributed by atoms with van der Waals surface area (Å²) in [7, 11) is 0. The summed E-state index contributed by atoms with van der Waals surface area (Å²) in [5.74, 6) is 1.99. The van der Waals surface area contributed by atoms with Gasteiger partial charge in [-0.25, -0.2) is 5.10 Å². The first-order chi connectivity index (χ1) is 16.7. The van der Waals surface area contributed by atoms with Gasteiger partial charge in [-0.15, -0.1) is 5.10 Å². The molecule has 0 radical (unpaired) electrons. The summed E-state index contributed by atoms with van der Waals surface area (Å²) in [5.41, 5.74) is 1.41. The molecule has 1 atom stereocenters. The van der Waals surface area contributed by atoms with E-state index in [2.05, 4.69) is 32.9 Å². The van der Waals surface area contributed by atoms with Crippen molar-refractivity contribution in [3.05, 3.63) is 59.9 Å². The van der Waals surface area contributed by atoms with Gasteiger partial charge in [0.1, 0.15) is 12.4 Å². The summed E-state index contributed by atoms with van der Waals surface area (Å²) in [5, 5.41) is 16.5. The number of tetrazole rings is 1. The number of ether oxygens (including phenoxy) is 3. The predicted molar refractivity (Wildman–Crippen MR) is 128 cm³/mol. The first kappa shape index (κ1) is 23.3. The molecule has 1 aromatic heterocycles. The molecule has 2 heterocycles. The number of unbranched alkanes of at least 4 members (excludes halogenated alkanes) is 4. The highest BCUT2D eigenvalue weighted by molar-refractivity contribution is 6.03. The highest BCUT2D eigenvalue weighted by Gasteiger charge is 2.27. The fraction of sp³-hybridized carbons (Fsp3) is 0.360. The molecule has 9 heteroatoms. The molecule has 3 aromatic rings. The fourth-order valence-electron chi connectivity index (χ4n) is 3.55. The average Bonchev–Trinajstić information content (AvgIpc) is 3.41. The van der Waals surface area contributed by atoms with Crippen LogP contribution >= 0.6 is 0 Å². The van der Waals surface area contributed by atoms with Crippen molar-refractivity contribution in [1.29, 1.82) is 0 Å². The minimum absolute atomic E-state index is 0.264. The lowest BCUT2D eigenvalue weighted by Gasteiger charge is -2.26. The molecule has 0 bridgehead atoms. The molecule has 0 saturated heterocycles. The minimum atomic E-state index is -0.492. The van der Waals surface area contributed by atoms with Crippen molar-refractivity contribution in [2.45, 2.75) is 45.1 Å². The number of hydrogen-bond acceptors (Lipinski definition) is 7. The number of fused-ring (bicyclic) bond motifs is 1. The average molecular weight is 464 g/mol. The molecule has 1 aliphatic heterocycles. The van der Waals surface area contributed by atoms with Crippen LogP contribution in [-0.4, -0.2) is 39.7 Å². The zero-order valence-corrected chi connectivity index (χ0v) is 19.2. The zero-order valence-electron chi connectivity index (χ0n) is 19.2. The van der Waals surface area contributed by atoms with Crippen LogP contribution in [0.15, 0.2) is 48.5 Å². The van der Waals surface area contributed by atoms with Crippen LogP contribution in [0.5, 0.6) is 17.2 Å². The number of hydrogen-bond donors (Lipinski definition) is 2. The number of carbonyl (C=O) groups excluding carboxylic acids is 1. The maximum atomic E-state index is 12.5. The van der Waals surface area contributed by atoms with E-state index in [1.54, 1.807) is 24.3 Å². The van der Waals surface area contributed by atoms with E-state index in [1.807, 2.05) is 24.3 Å². The number of amides is 1. The van der Waals surface area contributed by atoms with Gasteiger partial charge >= 0.3 is 0 Å². The number of carbonyl (C=O) groups is 1. The van der Waals surface area contributed by atoms with Crippen LogP contribution in [0, 0.1) is 0 Å². The summed E-state index contributed by atoms with van der Waals surface area (Å²) >= 11 is 0. The summed E-state index contributed by atoms with van der Waals surface area (Å²) in [4.78, 5) is 12.5. The van der Waals surface area contributed by atoms with Crippen LogP contribution in [0.3, 0.4) is 0 Å². The maximum absolute atomic E-state index is 12.5. The first-order valence-electron chi connectivity index (χ1n) is 11.6. The van der Waals surface area contributed by atoms with E-state index < -0.39 is 6.10 Å². The Morgan fingerprint density at radius 3 is 2.82 bits per heavy atom. The third-order valence-corrected chi connectivity index (χ3v) is 5.38. The highest BCUT2D eigenvalue weighted by Crippen LogP contribution is 2.41. The summed E-state index contributed by atoms with van der Waals surface area (Å²) < 4.78 is 17.5. The molecule has 0 saturated carbocycles. The molecule has 2 N–H and O–H groups in total. The molecule has 0 spiro atoms. The van der Waals surface area contributed by atoms with Crippen LogP contribution in [0.1, 0.15) is 56.5 Å². The van der Waals surface area contributed by atoms with Gasteiger partial charge < -0.3 is 19.5 Å². The predicted octanol–water partition coefficient (Wildman–Crippen LogP) is 4.71. The van der Waals surface area contributed by atoms with Crippen LogP contribution in [-0.2, 0) is 4.79 Å². The largest absolute Gasteiger partial charge is 0.494 e. The molecule has 1 unspecified atom stereocenters. The number of anilines is 1. The Kier molecular flexibility index (Phi) is 8.10. The van der Waals surface area contributed by atoms with Crippen molar-refractivity contribution >= 4 is 17.7 Å². The number of H-pyrrole nitrogens is 1. The SMILES string of the molecule is CCCCCCCOc1ccc(C=CC(=O)Nc2cccc3c2OC(c2nnn[nH]2)CO3)cc1. The molecule has 34 heavy (non-hydrogen) atoms. The summed E-state index contributed by atoms with van der Waals surface area (Å²) in [6, 6.07) is 13.0. The monoisotopic (exact) mass is 463 g/mol. The van der Waals surface area contributed by atoms with Gasteiger partial charge in [-0.3, -0.25) is 4.79 Å². The number of benzene rings is 2. The smallest absolute Gasteiger partial charge is 0.248 e.